The van der Waals surface area contributed by atoms with Gasteiger partial charge in [0.25, 0.3) is 0 Å². The van der Waals surface area contributed by atoms with Crippen LogP contribution >= 0.6 is 0 Å². The van der Waals surface area contributed by atoms with Gasteiger partial charge >= 0.3 is 0 Å². The van der Waals surface area contributed by atoms with E-state index in [1.165, 1.54) is 6.07 Å². The lowest BCUT2D eigenvalue weighted by atomic mass is 10.0. The van der Waals surface area contributed by atoms with Crippen LogP contribution in [0.2, 0.25) is 0 Å². The van der Waals surface area contributed by atoms with E-state index in [1.54, 1.807) is 19.2 Å². The van der Waals surface area contributed by atoms with E-state index < -0.39 is 5.60 Å². The molecule has 1 atom stereocenters. The molecule has 2 N–H and O–H groups in total. The fraction of sp³-hybridized carbons (Fsp3) is 0.600. The molecular weight excluding hydrogens is 245 g/mol. The zero-order valence-corrected chi connectivity index (χ0v) is 11.6. The van der Waals surface area contributed by atoms with Crippen LogP contribution in [0, 0.1) is 5.82 Å². The minimum Gasteiger partial charge on any atom is -0.490 e. The van der Waals surface area contributed by atoms with Gasteiger partial charge in [-0.15, -0.1) is 0 Å². The average Bonchev–Trinajstić information content (AvgIpc) is 2.83. The zero-order chi connectivity index (χ0) is 13.9. The fourth-order valence-electron chi connectivity index (χ4n) is 2.50. The van der Waals surface area contributed by atoms with Crippen LogP contribution in [-0.2, 0) is 0 Å². The number of ether oxygens (including phenoxy) is 1. The average molecular weight is 267 g/mol. The molecule has 1 saturated carbocycles. The Morgan fingerprint density at radius 3 is 2.68 bits per heavy atom. The molecule has 1 aromatic carbocycles. The van der Waals surface area contributed by atoms with Gasteiger partial charge in [0, 0.05) is 17.7 Å². The van der Waals surface area contributed by atoms with Gasteiger partial charge < -0.3 is 15.2 Å². The predicted octanol–water partition coefficient (Wildman–Crippen LogP) is 2.79. The predicted molar refractivity (Wildman–Crippen MR) is 72.8 cm³/mol. The number of benzene rings is 1. The Morgan fingerprint density at radius 2 is 2.11 bits per heavy atom. The number of aliphatic hydroxyl groups is 1. The summed E-state index contributed by atoms with van der Waals surface area (Å²) in [5.41, 5.74) is -0.109. The van der Waals surface area contributed by atoms with E-state index in [-0.39, 0.29) is 18.5 Å². The van der Waals surface area contributed by atoms with Crippen LogP contribution < -0.4 is 10.1 Å². The second-order valence-corrected chi connectivity index (χ2v) is 5.41. The monoisotopic (exact) mass is 267 g/mol. The Morgan fingerprint density at radius 1 is 1.42 bits per heavy atom. The number of hydrogen-bond acceptors (Lipinski definition) is 3. The van der Waals surface area contributed by atoms with Gasteiger partial charge in [-0.2, -0.15) is 0 Å². The second-order valence-electron chi connectivity index (χ2n) is 5.41. The minimum atomic E-state index is -0.729. The van der Waals surface area contributed by atoms with E-state index in [4.69, 9.17) is 4.74 Å². The highest BCUT2D eigenvalue weighted by Gasteiger charge is 2.31. The van der Waals surface area contributed by atoms with Crippen LogP contribution in [0.25, 0.3) is 0 Å². The van der Waals surface area contributed by atoms with Gasteiger partial charge in [-0.05, 0) is 32.9 Å². The molecule has 0 bridgehead atoms. The number of nitrogens with one attached hydrogen (secondary N) is 1. The molecule has 4 heteroatoms. The Hall–Kier alpha value is -1.13. The molecule has 0 aromatic heterocycles. The Labute approximate surface area is 113 Å². The fourth-order valence-corrected chi connectivity index (χ4v) is 2.50. The van der Waals surface area contributed by atoms with Crippen molar-refractivity contribution in [1.82, 2.24) is 5.32 Å². The minimum absolute atomic E-state index is 0.0342. The van der Waals surface area contributed by atoms with Crippen molar-refractivity contribution in [2.75, 3.05) is 13.7 Å². The van der Waals surface area contributed by atoms with Crippen LogP contribution in [0.4, 0.5) is 4.39 Å². The molecule has 1 unspecified atom stereocenters. The maximum Gasteiger partial charge on any atom is 0.131 e. The summed E-state index contributed by atoms with van der Waals surface area (Å²) in [6, 6.07) is 4.84. The first kappa shape index (κ1) is 14.3. The van der Waals surface area contributed by atoms with Gasteiger partial charge in [0.15, 0.2) is 0 Å². The van der Waals surface area contributed by atoms with Crippen molar-refractivity contribution in [3.8, 4) is 5.75 Å². The molecule has 106 valence electrons. The molecule has 1 aliphatic rings. The molecule has 0 radical (unpaired) electrons. The van der Waals surface area contributed by atoms with Crippen molar-refractivity contribution < 1.29 is 14.2 Å². The van der Waals surface area contributed by atoms with Gasteiger partial charge in [-0.3, -0.25) is 0 Å². The first-order chi connectivity index (χ1) is 9.04. The van der Waals surface area contributed by atoms with Crippen molar-refractivity contribution in [3.63, 3.8) is 0 Å². The van der Waals surface area contributed by atoms with Crippen molar-refractivity contribution in [2.24, 2.45) is 0 Å². The molecule has 0 aliphatic heterocycles. The standard InChI is InChI=1S/C15H22FNO2/c1-11(17-2)13-6-5-12(9-14(13)16)19-10-15(18)7-3-4-8-15/h5-6,9,11,17-18H,3-4,7-8,10H2,1-2H3. The molecule has 1 fully saturated rings. The van der Waals surface area contributed by atoms with Gasteiger partial charge in [-0.25, -0.2) is 4.39 Å². The van der Waals surface area contributed by atoms with E-state index in [1.807, 2.05) is 6.92 Å². The lowest BCUT2D eigenvalue weighted by molar-refractivity contribution is 0.00131. The summed E-state index contributed by atoms with van der Waals surface area (Å²) in [6.07, 6.45) is 3.61. The normalized spacial score (nSPS) is 19.4. The maximum absolute atomic E-state index is 13.9. The smallest absolute Gasteiger partial charge is 0.131 e. The maximum atomic E-state index is 13.9. The summed E-state index contributed by atoms with van der Waals surface area (Å²) < 4.78 is 19.4. The van der Waals surface area contributed by atoms with Gasteiger partial charge in [-0.1, -0.05) is 18.9 Å². The van der Waals surface area contributed by atoms with Crippen molar-refractivity contribution in [2.45, 2.75) is 44.2 Å². The molecule has 0 amide bonds. The van der Waals surface area contributed by atoms with Crippen molar-refractivity contribution >= 4 is 0 Å². The largest absolute Gasteiger partial charge is 0.490 e. The van der Waals surface area contributed by atoms with Crippen LogP contribution in [0.5, 0.6) is 5.75 Å². The van der Waals surface area contributed by atoms with Crippen LogP contribution in [0.3, 0.4) is 0 Å². The summed E-state index contributed by atoms with van der Waals surface area (Å²) in [6.45, 7) is 2.15. The topological polar surface area (TPSA) is 41.5 Å². The number of hydrogen-bond donors (Lipinski definition) is 2. The highest BCUT2D eigenvalue weighted by Crippen LogP contribution is 2.30. The van der Waals surface area contributed by atoms with E-state index in [2.05, 4.69) is 5.32 Å². The third-order valence-electron chi connectivity index (χ3n) is 3.91. The first-order valence-corrected chi connectivity index (χ1v) is 6.86. The number of halogens is 1. The zero-order valence-electron chi connectivity index (χ0n) is 11.6. The molecule has 19 heavy (non-hydrogen) atoms. The number of rotatable bonds is 5. The third kappa shape index (κ3) is 3.45. The van der Waals surface area contributed by atoms with Crippen LogP contribution in [-0.4, -0.2) is 24.4 Å². The molecule has 0 heterocycles. The van der Waals surface area contributed by atoms with Crippen molar-refractivity contribution in [3.05, 3.63) is 29.6 Å². The summed E-state index contributed by atoms with van der Waals surface area (Å²) >= 11 is 0. The summed E-state index contributed by atoms with van der Waals surface area (Å²) in [7, 11) is 1.80. The van der Waals surface area contributed by atoms with Crippen LogP contribution in [0.15, 0.2) is 18.2 Å². The second kappa shape index (κ2) is 5.88. The molecule has 0 saturated heterocycles. The van der Waals surface area contributed by atoms with E-state index >= 15 is 0 Å². The lowest BCUT2D eigenvalue weighted by Gasteiger charge is -2.22. The Balaban J connectivity index is 2.00. The van der Waals surface area contributed by atoms with Gasteiger partial charge in [0.1, 0.15) is 18.2 Å². The molecular formula is C15H22FNO2. The SMILES string of the molecule is CNC(C)c1ccc(OCC2(O)CCCC2)cc1F. The van der Waals surface area contributed by atoms with E-state index in [0.29, 0.717) is 11.3 Å². The molecule has 2 rings (SSSR count). The van der Waals surface area contributed by atoms with Gasteiger partial charge in [0.2, 0.25) is 0 Å². The first-order valence-electron chi connectivity index (χ1n) is 6.86. The molecule has 1 aromatic rings. The van der Waals surface area contributed by atoms with Gasteiger partial charge in [0.05, 0.1) is 5.60 Å². The highest BCUT2D eigenvalue weighted by atomic mass is 19.1. The quantitative estimate of drug-likeness (QED) is 0.862. The Bertz CT molecular complexity index is 430. The van der Waals surface area contributed by atoms with E-state index in [0.717, 1.165) is 25.7 Å². The molecule has 3 nitrogen and oxygen atoms in total. The third-order valence-corrected chi connectivity index (χ3v) is 3.91. The summed E-state index contributed by atoms with van der Waals surface area (Å²) in [5, 5.41) is 13.2. The summed E-state index contributed by atoms with van der Waals surface area (Å²) in [4.78, 5) is 0. The summed E-state index contributed by atoms with van der Waals surface area (Å²) in [5.74, 6) is 0.197. The molecule has 0 spiro atoms. The van der Waals surface area contributed by atoms with Crippen LogP contribution in [0.1, 0.15) is 44.2 Å². The van der Waals surface area contributed by atoms with Crippen molar-refractivity contribution in [1.29, 1.82) is 0 Å². The Kier molecular flexibility index (Phi) is 4.42. The lowest BCUT2D eigenvalue weighted by Crippen LogP contribution is -2.32. The highest BCUT2D eigenvalue weighted by molar-refractivity contribution is 5.30. The van der Waals surface area contributed by atoms with E-state index in [9.17, 15) is 9.50 Å². The molecule has 1 aliphatic carbocycles.